The summed E-state index contributed by atoms with van der Waals surface area (Å²) in [6.45, 7) is 12.4. The van der Waals surface area contributed by atoms with Crippen LogP contribution < -0.4 is 0 Å². The van der Waals surface area contributed by atoms with E-state index in [1.54, 1.807) is 0 Å². The van der Waals surface area contributed by atoms with Gasteiger partial charge in [0, 0.05) is 0 Å². The lowest BCUT2D eigenvalue weighted by Crippen LogP contribution is -1.76. The van der Waals surface area contributed by atoms with Gasteiger partial charge in [-0.15, -0.1) is 6.58 Å². The average Bonchev–Trinajstić information content (AvgIpc) is 1.99. The van der Waals surface area contributed by atoms with Crippen LogP contribution in [0, 0.1) is 0 Å². The van der Waals surface area contributed by atoms with Crippen LogP contribution in [0.1, 0.15) is 66.2 Å². The van der Waals surface area contributed by atoms with Gasteiger partial charge in [0.1, 0.15) is 0 Å². The highest BCUT2D eigenvalue weighted by Crippen LogP contribution is 2.06. The molecule has 0 amide bonds. The standard InChI is InChI=1S/C9H18.C3H8/c1-4-5-6-7-8-9(2)3;1-3-2/h2,4-8H2,1,3H3;3H2,1-2H3. The number of rotatable bonds is 5. The molecule has 0 radical (unpaired) electrons. The quantitative estimate of drug-likeness (QED) is 0.404. The maximum Gasteiger partial charge on any atom is -0.0326 e. The highest BCUT2D eigenvalue weighted by Gasteiger charge is 1.86. The summed E-state index contributed by atoms with van der Waals surface area (Å²) in [5.74, 6) is 0. The van der Waals surface area contributed by atoms with Crippen molar-refractivity contribution >= 4 is 0 Å². The van der Waals surface area contributed by atoms with Crippen LogP contribution in [0.5, 0.6) is 0 Å². The highest BCUT2D eigenvalue weighted by atomic mass is 13.9. The van der Waals surface area contributed by atoms with Crippen LogP contribution in [-0.4, -0.2) is 0 Å². The fourth-order valence-electron chi connectivity index (χ4n) is 0.854. The third-order valence-corrected chi connectivity index (χ3v) is 1.46. The molecular weight excluding hydrogens is 144 g/mol. The van der Waals surface area contributed by atoms with Crippen molar-refractivity contribution in [3.05, 3.63) is 12.2 Å². The molecule has 0 bridgehead atoms. The van der Waals surface area contributed by atoms with Crippen molar-refractivity contribution in [1.82, 2.24) is 0 Å². The average molecular weight is 170 g/mol. The number of hydrogen-bond acceptors (Lipinski definition) is 0. The fourth-order valence-corrected chi connectivity index (χ4v) is 0.854. The van der Waals surface area contributed by atoms with E-state index in [1.165, 1.54) is 44.1 Å². The molecule has 74 valence electrons. The molecule has 0 aromatic rings. The molecule has 0 spiro atoms. The Labute approximate surface area is 79.1 Å². The molecule has 0 saturated heterocycles. The summed E-state index contributed by atoms with van der Waals surface area (Å²) in [5.41, 5.74) is 1.33. The summed E-state index contributed by atoms with van der Waals surface area (Å²) < 4.78 is 0. The van der Waals surface area contributed by atoms with Gasteiger partial charge in [-0.25, -0.2) is 0 Å². The van der Waals surface area contributed by atoms with Gasteiger partial charge in [0.05, 0.1) is 0 Å². The molecule has 12 heavy (non-hydrogen) atoms. The second-order valence-electron chi connectivity index (χ2n) is 3.47. The summed E-state index contributed by atoms with van der Waals surface area (Å²) in [6.07, 6.45) is 7.90. The molecule has 0 unspecified atom stereocenters. The zero-order chi connectivity index (χ0) is 9.82. The van der Waals surface area contributed by atoms with Crippen LogP contribution >= 0.6 is 0 Å². The first-order chi connectivity index (χ1) is 5.68. The molecule has 0 fully saturated rings. The lowest BCUT2D eigenvalue weighted by Gasteiger charge is -1.96. The van der Waals surface area contributed by atoms with E-state index >= 15 is 0 Å². The largest absolute Gasteiger partial charge is 0.100 e. The first kappa shape index (κ1) is 14.3. The van der Waals surface area contributed by atoms with E-state index < -0.39 is 0 Å². The molecular formula is C12H26. The Morgan fingerprint density at radius 3 is 1.83 bits per heavy atom. The topological polar surface area (TPSA) is 0 Å². The van der Waals surface area contributed by atoms with Gasteiger partial charge in [-0.05, 0) is 19.8 Å². The highest BCUT2D eigenvalue weighted by molar-refractivity contribution is 4.86. The van der Waals surface area contributed by atoms with E-state index in [-0.39, 0.29) is 0 Å². The number of allylic oxidation sites excluding steroid dienone is 1. The lowest BCUT2D eigenvalue weighted by atomic mass is 10.1. The Bertz CT molecular complexity index is 82.0. The predicted octanol–water partition coefficient (Wildman–Crippen LogP) is 4.95. The summed E-state index contributed by atoms with van der Waals surface area (Å²) in [4.78, 5) is 0. The number of unbranched alkanes of at least 4 members (excludes halogenated alkanes) is 3. The third kappa shape index (κ3) is 22.6. The van der Waals surface area contributed by atoms with Crippen LogP contribution in [0.3, 0.4) is 0 Å². The van der Waals surface area contributed by atoms with Gasteiger partial charge >= 0.3 is 0 Å². The minimum Gasteiger partial charge on any atom is -0.100 e. The normalized spacial score (nSPS) is 8.67. The molecule has 0 rings (SSSR count). The maximum absolute atomic E-state index is 3.85. The molecule has 0 saturated carbocycles. The van der Waals surface area contributed by atoms with Crippen molar-refractivity contribution in [3.63, 3.8) is 0 Å². The molecule has 0 aliphatic carbocycles. The van der Waals surface area contributed by atoms with Gasteiger partial charge in [0.2, 0.25) is 0 Å². The molecule has 0 nitrogen and oxygen atoms in total. The van der Waals surface area contributed by atoms with E-state index in [2.05, 4.69) is 34.3 Å². The fraction of sp³-hybridized carbons (Fsp3) is 0.833. The molecule has 0 heterocycles. The molecule has 0 aliphatic rings. The molecule has 0 aromatic heterocycles. The Morgan fingerprint density at radius 1 is 1.00 bits per heavy atom. The molecule has 0 N–H and O–H groups in total. The Hall–Kier alpha value is -0.260. The van der Waals surface area contributed by atoms with Crippen molar-refractivity contribution in [2.24, 2.45) is 0 Å². The van der Waals surface area contributed by atoms with Gasteiger partial charge in [-0.3, -0.25) is 0 Å². The van der Waals surface area contributed by atoms with E-state index in [4.69, 9.17) is 0 Å². The summed E-state index contributed by atoms with van der Waals surface area (Å²) >= 11 is 0. The summed E-state index contributed by atoms with van der Waals surface area (Å²) in [6, 6.07) is 0. The van der Waals surface area contributed by atoms with Gasteiger partial charge < -0.3 is 0 Å². The predicted molar refractivity (Wildman–Crippen MR) is 59.5 cm³/mol. The smallest absolute Gasteiger partial charge is 0.0326 e. The van der Waals surface area contributed by atoms with E-state index in [9.17, 15) is 0 Å². The van der Waals surface area contributed by atoms with E-state index in [0.29, 0.717) is 0 Å². The first-order valence-electron chi connectivity index (χ1n) is 5.33. The van der Waals surface area contributed by atoms with Crippen LogP contribution in [-0.2, 0) is 0 Å². The second-order valence-corrected chi connectivity index (χ2v) is 3.47. The zero-order valence-electron chi connectivity index (χ0n) is 9.45. The molecule has 0 atom stereocenters. The summed E-state index contributed by atoms with van der Waals surface area (Å²) in [5, 5.41) is 0. The second kappa shape index (κ2) is 13.3. The van der Waals surface area contributed by atoms with Crippen LogP contribution in [0.15, 0.2) is 12.2 Å². The van der Waals surface area contributed by atoms with E-state index in [1.807, 2.05) is 0 Å². The SMILES string of the molecule is C=C(C)CCCCCC.CCC. The van der Waals surface area contributed by atoms with Crippen molar-refractivity contribution in [2.45, 2.75) is 66.2 Å². The molecule has 0 heteroatoms. The zero-order valence-corrected chi connectivity index (χ0v) is 9.45. The molecule has 0 aromatic carbocycles. The van der Waals surface area contributed by atoms with Crippen LogP contribution in [0.25, 0.3) is 0 Å². The first-order valence-corrected chi connectivity index (χ1v) is 5.33. The monoisotopic (exact) mass is 170 g/mol. The number of hydrogen-bond donors (Lipinski definition) is 0. The Morgan fingerprint density at radius 2 is 1.50 bits per heavy atom. The summed E-state index contributed by atoms with van der Waals surface area (Å²) in [7, 11) is 0. The van der Waals surface area contributed by atoms with Crippen LogP contribution in [0.4, 0.5) is 0 Å². The minimum absolute atomic E-state index is 1.22. The molecule has 0 aliphatic heterocycles. The van der Waals surface area contributed by atoms with Gasteiger partial charge in [-0.2, -0.15) is 0 Å². The third-order valence-electron chi connectivity index (χ3n) is 1.46. The Kier molecular flexibility index (Phi) is 15.9. The van der Waals surface area contributed by atoms with Crippen molar-refractivity contribution < 1.29 is 0 Å². The van der Waals surface area contributed by atoms with Crippen LogP contribution in [0.2, 0.25) is 0 Å². The van der Waals surface area contributed by atoms with Crippen molar-refractivity contribution in [3.8, 4) is 0 Å². The van der Waals surface area contributed by atoms with Gasteiger partial charge in [0.25, 0.3) is 0 Å². The lowest BCUT2D eigenvalue weighted by molar-refractivity contribution is 0.665. The van der Waals surface area contributed by atoms with Crippen molar-refractivity contribution in [1.29, 1.82) is 0 Å². The van der Waals surface area contributed by atoms with Crippen molar-refractivity contribution in [2.75, 3.05) is 0 Å². The van der Waals surface area contributed by atoms with Gasteiger partial charge in [-0.1, -0.05) is 52.0 Å². The minimum atomic E-state index is 1.22. The van der Waals surface area contributed by atoms with E-state index in [0.717, 1.165) is 0 Å². The van der Waals surface area contributed by atoms with Gasteiger partial charge in [0.15, 0.2) is 0 Å². The maximum atomic E-state index is 3.85. The Balaban J connectivity index is 0.